The van der Waals surface area contributed by atoms with Crippen LogP contribution in [-0.4, -0.2) is 52.3 Å². The van der Waals surface area contributed by atoms with Crippen molar-refractivity contribution in [1.82, 2.24) is 10.6 Å². The van der Waals surface area contributed by atoms with E-state index in [1.54, 1.807) is 84.9 Å². The van der Waals surface area contributed by atoms with Crippen molar-refractivity contribution in [1.29, 1.82) is 0 Å². The third-order valence-electron chi connectivity index (χ3n) is 5.87. The van der Waals surface area contributed by atoms with Gasteiger partial charge >= 0.3 is 19.5 Å². The molecule has 0 radical (unpaired) electrons. The first-order valence-corrected chi connectivity index (χ1v) is 14.1. The maximum Gasteiger partial charge on any atom is 0.392 e. The predicted molar refractivity (Wildman–Crippen MR) is 146 cm³/mol. The van der Waals surface area contributed by atoms with E-state index in [2.05, 4.69) is 10.6 Å². The number of nitrogens with two attached hydrogens (primary N) is 1. The predicted octanol–water partition coefficient (Wildman–Crippen LogP) is 2.26. The molecule has 0 fully saturated rings. The van der Waals surface area contributed by atoms with Crippen LogP contribution in [-0.2, 0) is 42.7 Å². The molecule has 0 heterocycles. The molecule has 0 saturated carbocycles. The van der Waals surface area contributed by atoms with Gasteiger partial charge in [-0.15, -0.1) is 0 Å². The smallest absolute Gasteiger partial charge is 0.392 e. The summed E-state index contributed by atoms with van der Waals surface area (Å²) in [6.45, 7) is 0. The van der Waals surface area contributed by atoms with Crippen LogP contribution in [0.15, 0.2) is 91.0 Å². The Kier molecular flexibility index (Phi) is 11.0. The summed E-state index contributed by atoms with van der Waals surface area (Å²) in [5, 5.41) is 14.9. The fraction of sp³-hybridized carbons (Fsp3) is 0.250. The highest BCUT2D eigenvalue weighted by atomic mass is 31.2. The third kappa shape index (κ3) is 10.1. The van der Waals surface area contributed by atoms with Gasteiger partial charge in [-0.25, -0.2) is 9.36 Å². The van der Waals surface area contributed by atoms with Crippen LogP contribution in [0.4, 0.5) is 0 Å². The number of rotatable bonds is 14. The largest absolute Gasteiger partial charge is 0.480 e. The highest BCUT2D eigenvalue weighted by Crippen LogP contribution is 2.41. The molecule has 0 bridgehead atoms. The number of carbonyl (C=O) groups excluding carboxylic acids is 2. The van der Waals surface area contributed by atoms with Crippen LogP contribution in [0.1, 0.15) is 16.7 Å². The van der Waals surface area contributed by atoms with Crippen molar-refractivity contribution in [2.75, 3.05) is 6.29 Å². The number of benzene rings is 3. The highest BCUT2D eigenvalue weighted by Gasteiger charge is 2.31. The van der Waals surface area contributed by atoms with Gasteiger partial charge in [0.15, 0.2) is 0 Å². The lowest BCUT2D eigenvalue weighted by molar-refractivity contribution is -0.142. The molecule has 4 atom stereocenters. The zero-order valence-electron chi connectivity index (χ0n) is 21.2. The third-order valence-corrected chi connectivity index (χ3v) is 6.92. The van der Waals surface area contributed by atoms with Gasteiger partial charge in [-0.3, -0.25) is 14.9 Å². The topological polar surface area (TPSA) is 168 Å². The maximum atomic E-state index is 13.2. The summed E-state index contributed by atoms with van der Waals surface area (Å²) in [5.41, 5.74) is 8.07. The van der Waals surface area contributed by atoms with Gasteiger partial charge in [0.2, 0.25) is 5.91 Å². The number of amides is 1. The number of carbonyl (C=O) groups is 3. The van der Waals surface area contributed by atoms with Crippen LogP contribution in [0.25, 0.3) is 0 Å². The molecule has 3 aromatic carbocycles. The van der Waals surface area contributed by atoms with Crippen LogP contribution in [0.3, 0.4) is 0 Å². The summed E-state index contributed by atoms with van der Waals surface area (Å²) >= 11 is 0. The maximum absolute atomic E-state index is 13.2. The van der Waals surface area contributed by atoms with Crippen LogP contribution in [0.5, 0.6) is 0 Å². The number of aliphatic carboxylic acids is 1. The first-order valence-electron chi connectivity index (χ1n) is 12.3. The average molecular weight is 554 g/mol. The number of hydrogen-bond donors (Lipinski definition) is 5. The standard InChI is InChI=1S/C28H32N3O7P/c29-23(16-20-10-4-1-5-11-20)28(35)38-39(36,37)19-30-24(17-21-12-6-2-7-13-21)26(32)31-25(27(33)34)18-22-14-8-3-9-15-22/h1-15,23-25,30H,16-19,29H2,(H,31,32)(H,33,34)(H,36,37)/t23-,24-,25-/m0/s1. The van der Waals surface area contributed by atoms with Gasteiger partial charge in [0, 0.05) is 6.42 Å². The first kappa shape index (κ1) is 29.7. The lowest BCUT2D eigenvalue weighted by Gasteiger charge is -2.23. The Balaban J connectivity index is 1.66. The van der Waals surface area contributed by atoms with Crippen molar-refractivity contribution in [2.24, 2.45) is 5.73 Å². The first-order chi connectivity index (χ1) is 18.6. The summed E-state index contributed by atoms with van der Waals surface area (Å²) in [4.78, 5) is 47.7. The minimum Gasteiger partial charge on any atom is -0.480 e. The lowest BCUT2D eigenvalue weighted by atomic mass is 10.0. The van der Waals surface area contributed by atoms with E-state index in [4.69, 9.17) is 10.3 Å². The van der Waals surface area contributed by atoms with Crippen molar-refractivity contribution in [3.63, 3.8) is 0 Å². The van der Waals surface area contributed by atoms with Crippen molar-refractivity contribution in [3.8, 4) is 0 Å². The Morgan fingerprint density at radius 3 is 1.67 bits per heavy atom. The molecular weight excluding hydrogens is 521 g/mol. The fourth-order valence-electron chi connectivity index (χ4n) is 3.85. The van der Waals surface area contributed by atoms with E-state index >= 15 is 0 Å². The Bertz CT molecular complexity index is 1280. The van der Waals surface area contributed by atoms with E-state index in [-0.39, 0.29) is 19.3 Å². The van der Waals surface area contributed by atoms with Crippen molar-refractivity contribution in [2.45, 2.75) is 37.4 Å². The van der Waals surface area contributed by atoms with Gasteiger partial charge in [-0.05, 0) is 29.5 Å². The molecule has 3 aromatic rings. The van der Waals surface area contributed by atoms with Crippen LogP contribution >= 0.6 is 7.60 Å². The van der Waals surface area contributed by atoms with Crippen molar-refractivity contribution in [3.05, 3.63) is 108 Å². The minimum absolute atomic E-state index is 0.0510. The number of nitrogens with one attached hydrogen (secondary N) is 2. The zero-order chi connectivity index (χ0) is 28.3. The van der Waals surface area contributed by atoms with E-state index in [1.807, 2.05) is 6.07 Å². The van der Waals surface area contributed by atoms with E-state index in [9.17, 15) is 28.9 Å². The second-order valence-corrected chi connectivity index (χ2v) is 10.8. The lowest BCUT2D eigenvalue weighted by Crippen LogP contribution is -2.52. The summed E-state index contributed by atoms with van der Waals surface area (Å²) < 4.78 is 17.5. The molecule has 0 aliphatic heterocycles. The van der Waals surface area contributed by atoms with E-state index < -0.39 is 49.9 Å². The van der Waals surface area contributed by atoms with Gasteiger partial charge in [-0.1, -0.05) is 91.0 Å². The van der Waals surface area contributed by atoms with Crippen LogP contribution in [0, 0.1) is 0 Å². The monoisotopic (exact) mass is 553 g/mol. The number of hydrogen-bond acceptors (Lipinski definition) is 7. The van der Waals surface area contributed by atoms with Crippen LogP contribution in [0.2, 0.25) is 0 Å². The van der Waals surface area contributed by atoms with Gasteiger partial charge in [0.1, 0.15) is 18.4 Å². The normalized spacial score (nSPS) is 14.8. The summed E-state index contributed by atoms with van der Waals surface area (Å²) in [6.07, 6.45) is -0.483. The SMILES string of the molecule is N[C@@H](Cc1ccccc1)C(=O)OP(=O)(O)CN[C@@H](Cc1ccccc1)C(=O)N[C@@H](Cc1ccccc1)C(=O)O. The molecular formula is C28H32N3O7P. The zero-order valence-corrected chi connectivity index (χ0v) is 22.1. The second-order valence-electron chi connectivity index (χ2n) is 9.04. The Morgan fingerprint density at radius 1 is 0.769 bits per heavy atom. The molecule has 6 N–H and O–H groups in total. The number of carboxylic acids is 1. The summed E-state index contributed by atoms with van der Waals surface area (Å²) in [6, 6.07) is 23.1. The van der Waals surface area contributed by atoms with Crippen molar-refractivity contribution < 1.29 is 33.5 Å². The molecule has 0 aliphatic carbocycles. The molecule has 11 heteroatoms. The van der Waals surface area contributed by atoms with Gasteiger partial charge in [-0.2, -0.15) is 0 Å². The molecule has 1 amide bonds. The van der Waals surface area contributed by atoms with E-state index in [0.717, 1.165) is 16.7 Å². The van der Waals surface area contributed by atoms with E-state index in [1.165, 1.54) is 0 Å². The Morgan fingerprint density at radius 2 is 1.21 bits per heavy atom. The van der Waals surface area contributed by atoms with E-state index in [0.29, 0.717) is 0 Å². The van der Waals surface area contributed by atoms with Crippen molar-refractivity contribution >= 4 is 25.4 Å². The highest BCUT2D eigenvalue weighted by molar-refractivity contribution is 7.53. The fourth-order valence-corrected chi connectivity index (χ4v) is 4.78. The van der Waals surface area contributed by atoms with Gasteiger partial charge in [0.05, 0.1) is 6.04 Å². The molecule has 3 rings (SSSR count). The second kappa shape index (κ2) is 14.4. The molecule has 0 aliphatic rings. The summed E-state index contributed by atoms with van der Waals surface area (Å²) in [7, 11) is -4.55. The quantitative estimate of drug-likeness (QED) is 0.188. The summed E-state index contributed by atoms with van der Waals surface area (Å²) in [5.74, 6) is -2.96. The molecule has 0 aromatic heterocycles. The molecule has 10 nitrogen and oxygen atoms in total. The average Bonchev–Trinajstić information content (AvgIpc) is 2.92. The molecule has 39 heavy (non-hydrogen) atoms. The Labute approximate surface area is 226 Å². The molecule has 0 saturated heterocycles. The minimum atomic E-state index is -4.55. The Hall–Kier alpha value is -3.82. The molecule has 1 unspecified atom stereocenters. The van der Waals surface area contributed by atoms with Gasteiger partial charge in [0.25, 0.3) is 0 Å². The number of carboxylic acid groups (broad SMARTS) is 1. The van der Waals surface area contributed by atoms with Gasteiger partial charge < -0.3 is 25.6 Å². The molecule has 206 valence electrons. The van der Waals surface area contributed by atoms with Crippen LogP contribution < -0.4 is 16.4 Å². The molecule has 0 spiro atoms.